The zero-order valence-corrected chi connectivity index (χ0v) is 18.0. The molecule has 7 heteroatoms. The van der Waals surface area contributed by atoms with E-state index in [0.29, 0.717) is 17.8 Å². The summed E-state index contributed by atoms with van der Waals surface area (Å²) >= 11 is 1.67. The second kappa shape index (κ2) is 10.4. The number of benzene rings is 1. The summed E-state index contributed by atoms with van der Waals surface area (Å²) in [4.78, 5) is 29.3. The van der Waals surface area contributed by atoms with Gasteiger partial charge in [-0.2, -0.15) is 11.3 Å². The second-order valence-corrected chi connectivity index (χ2v) is 7.99. The summed E-state index contributed by atoms with van der Waals surface area (Å²) in [7, 11) is 0. The topological polar surface area (TPSA) is 64.7 Å². The molecule has 0 spiro atoms. The average Bonchev–Trinajstić information content (AvgIpc) is 3.45. The van der Waals surface area contributed by atoms with Gasteiger partial charge in [-0.15, -0.1) is 0 Å². The van der Waals surface area contributed by atoms with Crippen LogP contribution in [0.2, 0.25) is 0 Å². The lowest BCUT2D eigenvalue weighted by molar-refractivity contribution is 0.0793. The largest absolute Gasteiger partial charge is 0.339 e. The fourth-order valence-electron chi connectivity index (χ4n) is 3.78. The van der Waals surface area contributed by atoms with Crippen molar-refractivity contribution in [3.05, 3.63) is 52.2 Å². The molecule has 2 N–H and O–H groups in total. The highest BCUT2D eigenvalue weighted by Gasteiger charge is 2.21. The number of hydrogen-bond acceptors (Lipinski definition) is 4. The van der Waals surface area contributed by atoms with Crippen molar-refractivity contribution in [2.75, 3.05) is 38.0 Å². The van der Waals surface area contributed by atoms with E-state index in [-0.39, 0.29) is 18.0 Å². The Labute approximate surface area is 176 Å². The van der Waals surface area contributed by atoms with Crippen LogP contribution in [0.25, 0.3) is 0 Å². The van der Waals surface area contributed by atoms with Crippen LogP contribution in [0.4, 0.5) is 10.5 Å². The maximum atomic E-state index is 12.6. The number of thiophene rings is 1. The van der Waals surface area contributed by atoms with Crippen LogP contribution in [0.1, 0.15) is 48.7 Å². The predicted octanol–water partition coefficient (Wildman–Crippen LogP) is 4.19. The van der Waals surface area contributed by atoms with E-state index in [1.807, 2.05) is 11.0 Å². The molecule has 1 aliphatic heterocycles. The van der Waals surface area contributed by atoms with Gasteiger partial charge in [0.05, 0.1) is 6.04 Å². The maximum absolute atomic E-state index is 12.6. The average molecular weight is 415 g/mol. The molecule has 1 saturated heterocycles. The molecule has 1 fully saturated rings. The van der Waals surface area contributed by atoms with Crippen molar-refractivity contribution in [3.63, 3.8) is 0 Å². The molecule has 29 heavy (non-hydrogen) atoms. The number of nitrogens with zero attached hydrogens (tertiary/aromatic N) is 2. The Morgan fingerprint density at radius 3 is 2.59 bits per heavy atom. The fourth-order valence-corrected chi connectivity index (χ4v) is 4.49. The summed E-state index contributed by atoms with van der Waals surface area (Å²) in [5.74, 6) is 0.0330. The van der Waals surface area contributed by atoms with Gasteiger partial charge in [-0.25, -0.2) is 4.79 Å². The lowest BCUT2D eigenvalue weighted by atomic mass is 10.1. The van der Waals surface area contributed by atoms with Crippen LogP contribution in [0.5, 0.6) is 0 Å². The van der Waals surface area contributed by atoms with Crippen LogP contribution < -0.4 is 10.6 Å². The minimum absolute atomic E-state index is 0.0330. The Bertz CT molecular complexity index is 799. The lowest BCUT2D eigenvalue weighted by Crippen LogP contribution is -2.39. The molecule has 2 heterocycles. The molecule has 3 rings (SSSR count). The van der Waals surface area contributed by atoms with Gasteiger partial charge in [0.2, 0.25) is 0 Å². The van der Waals surface area contributed by atoms with Crippen molar-refractivity contribution >= 4 is 29.0 Å². The van der Waals surface area contributed by atoms with Gasteiger partial charge >= 0.3 is 6.03 Å². The zero-order chi connectivity index (χ0) is 20.6. The Hall–Kier alpha value is -2.38. The number of amides is 3. The minimum atomic E-state index is -0.261. The van der Waals surface area contributed by atoms with E-state index in [1.54, 1.807) is 29.5 Å². The molecule has 1 atom stereocenters. The third-order valence-electron chi connectivity index (χ3n) is 5.40. The van der Waals surface area contributed by atoms with Crippen LogP contribution in [0.15, 0.2) is 41.1 Å². The van der Waals surface area contributed by atoms with Crippen molar-refractivity contribution in [2.45, 2.75) is 32.7 Å². The van der Waals surface area contributed by atoms with Gasteiger partial charge in [0.1, 0.15) is 0 Å². The Morgan fingerprint density at radius 2 is 1.93 bits per heavy atom. The third kappa shape index (κ3) is 5.58. The second-order valence-electron chi connectivity index (χ2n) is 7.21. The van der Waals surface area contributed by atoms with Gasteiger partial charge < -0.3 is 15.5 Å². The summed E-state index contributed by atoms with van der Waals surface area (Å²) < 4.78 is 0. The molecule has 0 radical (unpaired) electrons. The summed E-state index contributed by atoms with van der Waals surface area (Å²) in [6, 6.07) is 9.16. The number of anilines is 1. The molecular weight excluding hydrogens is 384 g/mol. The smallest absolute Gasteiger partial charge is 0.319 e. The highest BCUT2D eigenvalue weighted by molar-refractivity contribution is 7.08. The number of carbonyl (C=O) groups excluding carboxylic acids is 2. The number of likely N-dealkylation sites (tertiary alicyclic amines) is 1. The number of carbonyl (C=O) groups is 2. The number of urea groups is 1. The Morgan fingerprint density at radius 1 is 1.17 bits per heavy atom. The summed E-state index contributed by atoms with van der Waals surface area (Å²) in [5.41, 5.74) is 2.46. The van der Waals surface area contributed by atoms with E-state index < -0.39 is 0 Å². The molecule has 0 saturated carbocycles. The van der Waals surface area contributed by atoms with Gasteiger partial charge in [-0.1, -0.05) is 19.9 Å². The van der Waals surface area contributed by atoms with Crippen molar-refractivity contribution in [1.29, 1.82) is 0 Å². The molecule has 0 unspecified atom stereocenters. The van der Waals surface area contributed by atoms with Crippen molar-refractivity contribution in [1.82, 2.24) is 15.1 Å². The lowest BCUT2D eigenvalue weighted by Gasteiger charge is -2.29. The maximum Gasteiger partial charge on any atom is 0.319 e. The number of likely N-dealkylation sites (N-methyl/N-ethyl adjacent to an activating group) is 1. The summed E-state index contributed by atoms with van der Waals surface area (Å²) in [6.45, 7) is 8.24. The van der Waals surface area contributed by atoms with E-state index in [2.05, 4.69) is 46.2 Å². The molecule has 2 aromatic rings. The van der Waals surface area contributed by atoms with Crippen molar-refractivity contribution in [2.24, 2.45) is 0 Å². The van der Waals surface area contributed by atoms with Crippen LogP contribution in [0, 0.1) is 0 Å². The molecule has 0 aliphatic carbocycles. The Kier molecular flexibility index (Phi) is 7.66. The van der Waals surface area contributed by atoms with Crippen molar-refractivity contribution in [3.8, 4) is 0 Å². The van der Waals surface area contributed by atoms with E-state index in [0.717, 1.165) is 39.0 Å². The number of hydrogen-bond donors (Lipinski definition) is 2. The molecule has 0 bridgehead atoms. The fraction of sp³-hybridized carbons (Fsp3) is 0.455. The number of rotatable bonds is 8. The monoisotopic (exact) mass is 414 g/mol. The minimum Gasteiger partial charge on any atom is -0.339 e. The molecule has 1 aromatic carbocycles. The quantitative estimate of drug-likeness (QED) is 0.681. The Balaban J connectivity index is 1.60. The normalized spacial score (nSPS) is 14.8. The molecule has 1 aromatic heterocycles. The standard InChI is InChI=1S/C22H30N4O2S/c1-3-25(4-2)20(18-10-13-29-16-18)15-23-22(28)24-19-9-7-8-17(14-19)21(27)26-11-5-6-12-26/h7-10,13-14,16,20H,3-6,11-12,15H2,1-2H3,(H2,23,24,28)/t20-/m1/s1. The van der Waals surface area contributed by atoms with E-state index >= 15 is 0 Å². The highest BCUT2D eigenvalue weighted by Crippen LogP contribution is 2.22. The van der Waals surface area contributed by atoms with Crippen LogP contribution in [-0.2, 0) is 0 Å². The van der Waals surface area contributed by atoms with Gasteiger partial charge in [0, 0.05) is 30.9 Å². The first-order chi connectivity index (χ1) is 14.1. The zero-order valence-electron chi connectivity index (χ0n) is 17.2. The first-order valence-corrected chi connectivity index (χ1v) is 11.3. The third-order valence-corrected chi connectivity index (χ3v) is 6.10. The molecule has 156 valence electrons. The van der Waals surface area contributed by atoms with Gasteiger partial charge in [-0.05, 0) is 66.5 Å². The molecule has 1 aliphatic rings. The van der Waals surface area contributed by atoms with Gasteiger partial charge in [0.15, 0.2) is 0 Å². The van der Waals surface area contributed by atoms with Crippen molar-refractivity contribution < 1.29 is 9.59 Å². The van der Waals surface area contributed by atoms with Gasteiger partial charge in [-0.3, -0.25) is 9.69 Å². The van der Waals surface area contributed by atoms with Crippen LogP contribution in [-0.4, -0.2) is 54.5 Å². The van der Waals surface area contributed by atoms with Crippen LogP contribution >= 0.6 is 11.3 Å². The van der Waals surface area contributed by atoms with E-state index in [9.17, 15) is 9.59 Å². The number of nitrogens with one attached hydrogen (secondary N) is 2. The highest BCUT2D eigenvalue weighted by atomic mass is 32.1. The molecule has 3 amide bonds. The predicted molar refractivity (Wildman–Crippen MR) is 119 cm³/mol. The summed E-state index contributed by atoms with van der Waals surface area (Å²) in [5, 5.41) is 10.1. The first-order valence-electron chi connectivity index (χ1n) is 10.3. The SMILES string of the molecule is CCN(CC)[C@H](CNC(=O)Nc1cccc(C(=O)N2CCCC2)c1)c1ccsc1. The summed E-state index contributed by atoms with van der Waals surface area (Å²) in [6.07, 6.45) is 2.12. The molecule has 6 nitrogen and oxygen atoms in total. The van der Waals surface area contributed by atoms with Gasteiger partial charge in [0.25, 0.3) is 5.91 Å². The first kappa shape index (κ1) is 21.3. The van der Waals surface area contributed by atoms with Crippen LogP contribution in [0.3, 0.4) is 0 Å². The van der Waals surface area contributed by atoms with E-state index in [1.165, 1.54) is 5.56 Å². The molecular formula is C22H30N4O2S. The van der Waals surface area contributed by atoms with E-state index in [4.69, 9.17) is 0 Å².